The van der Waals surface area contributed by atoms with Crippen molar-refractivity contribution in [2.45, 2.75) is 44.1 Å². The first-order chi connectivity index (χ1) is 9.47. The highest BCUT2D eigenvalue weighted by Crippen LogP contribution is 2.29. The van der Waals surface area contributed by atoms with E-state index >= 15 is 0 Å². The molecule has 1 aliphatic carbocycles. The largest absolute Gasteiger partial charge is 0.356 e. The van der Waals surface area contributed by atoms with E-state index in [4.69, 9.17) is 5.73 Å². The highest BCUT2D eigenvalue weighted by Gasteiger charge is 2.31. The molecule has 1 amide bonds. The summed E-state index contributed by atoms with van der Waals surface area (Å²) < 4.78 is 26.0. The lowest BCUT2D eigenvalue weighted by molar-refractivity contribution is -0.122. The van der Waals surface area contributed by atoms with Gasteiger partial charge in [0, 0.05) is 24.6 Å². The third-order valence-corrected chi connectivity index (χ3v) is 3.77. The van der Waals surface area contributed by atoms with Crippen LogP contribution in [0.1, 0.15) is 37.7 Å². The van der Waals surface area contributed by atoms with Gasteiger partial charge in [-0.25, -0.2) is 8.78 Å². The second-order valence-corrected chi connectivity index (χ2v) is 5.62. The second kappa shape index (κ2) is 6.31. The first kappa shape index (κ1) is 14.9. The van der Waals surface area contributed by atoms with E-state index in [1.807, 2.05) is 0 Å². The fourth-order valence-corrected chi connectivity index (χ4v) is 2.74. The molecule has 5 heteroatoms. The summed E-state index contributed by atoms with van der Waals surface area (Å²) in [5.41, 5.74) is 6.29. The lowest BCUT2D eigenvalue weighted by Crippen LogP contribution is -2.42. The van der Waals surface area contributed by atoms with Gasteiger partial charge in [-0.1, -0.05) is 12.8 Å². The zero-order chi connectivity index (χ0) is 14.6. The van der Waals surface area contributed by atoms with Crippen LogP contribution >= 0.6 is 0 Å². The van der Waals surface area contributed by atoms with Crippen molar-refractivity contribution in [3.05, 3.63) is 35.4 Å². The number of hydrogen-bond donors (Lipinski definition) is 2. The van der Waals surface area contributed by atoms with E-state index in [0.29, 0.717) is 24.9 Å². The summed E-state index contributed by atoms with van der Waals surface area (Å²) in [5.74, 6) is -1.29. The molecule has 0 unspecified atom stereocenters. The number of nitrogens with two attached hydrogens (primary N) is 1. The average Bonchev–Trinajstić information content (AvgIpc) is 2.74. The van der Waals surface area contributed by atoms with E-state index < -0.39 is 11.6 Å². The minimum atomic E-state index is -0.599. The molecule has 0 saturated heterocycles. The number of hydrogen-bond acceptors (Lipinski definition) is 2. The molecule has 0 aromatic heterocycles. The molecule has 0 atom stereocenters. The Hall–Kier alpha value is -1.49. The van der Waals surface area contributed by atoms with Crippen LogP contribution in [0, 0.1) is 11.6 Å². The van der Waals surface area contributed by atoms with E-state index in [1.54, 1.807) is 0 Å². The van der Waals surface area contributed by atoms with Gasteiger partial charge in [0.2, 0.25) is 5.91 Å². The van der Waals surface area contributed by atoms with Crippen LogP contribution in [0.3, 0.4) is 0 Å². The number of benzene rings is 1. The maximum absolute atomic E-state index is 13.0. The maximum atomic E-state index is 13.0. The lowest BCUT2D eigenvalue weighted by Gasteiger charge is -2.22. The van der Waals surface area contributed by atoms with E-state index in [-0.39, 0.29) is 11.4 Å². The SMILES string of the molecule is NC1(CC(=O)NCCc2cc(F)cc(F)c2)CCCC1. The van der Waals surface area contributed by atoms with Crippen molar-refractivity contribution in [3.8, 4) is 0 Å². The molecule has 1 aromatic rings. The average molecular weight is 282 g/mol. The van der Waals surface area contributed by atoms with Crippen molar-refractivity contribution < 1.29 is 13.6 Å². The molecule has 0 spiro atoms. The number of amides is 1. The molecule has 1 aromatic carbocycles. The van der Waals surface area contributed by atoms with Gasteiger partial charge in [0.1, 0.15) is 11.6 Å². The Labute approximate surface area is 117 Å². The number of carbonyl (C=O) groups is 1. The van der Waals surface area contributed by atoms with Crippen LogP contribution in [0.15, 0.2) is 18.2 Å². The van der Waals surface area contributed by atoms with Crippen LogP contribution in [-0.4, -0.2) is 18.0 Å². The standard InChI is InChI=1S/C15H20F2N2O/c16-12-7-11(8-13(17)9-12)3-6-19-14(20)10-15(18)4-1-2-5-15/h7-9H,1-6,10,18H2,(H,19,20). The normalized spacial score (nSPS) is 17.1. The van der Waals surface area contributed by atoms with Crippen LogP contribution in [0.25, 0.3) is 0 Å². The first-order valence-corrected chi connectivity index (χ1v) is 6.97. The summed E-state index contributed by atoms with van der Waals surface area (Å²) in [7, 11) is 0. The minimum Gasteiger partial charge on any atom is -0.356 e. The van der Waals surface area contributed by atoms with Gasteiger partial charge in [0.25, 0.3) is 0 Å². The summed E-state index contributed by atoms with van der Waals surface area (Å²) in [5, 5.41) is 2.76. The molecule has 3 nitrogen and oxygen atoms in total. The quantitative estimate of drug-likeness (QED) is 0.870. The Bertz CT molecular complexity index is 465. The molecular formula is C15H20F2N2O. The van der Waals surface area contributed by atoms with Crippen LogP contribution in [-0.2, 0) is 11.2 Å². The predicted octanol–water partition coefficient (Wildman–Crippen LogP) is 2.29. The van der Waals surface area contributed by atoms with E-state index in [1.165, 1.54) is 12.1 Å². The Morgan fingerprint density at radius 1 is 1.20 bits per heavy atom. The molecule has 0 aliphatic heterocycles. The number of nitrogens with one attached hydrogen (secondary N) is 1. The minimum absolute atomic E-state index is 0.0914. The number of carbonyl (C=O) groups excluding carboxylic acids is 1. The van der Waals surface area contributed by atoms with Crippen LogP contribution in [0.5, 0.6) is 0 Å². The van der Waals surface area contributed by atoms with Gasteiger partial charge in [-0.2, -0.15) is 0 Å². The van der Waals surface area contributed by atoms with Gasteiger partial charge >= 0.3 is 0 Å². The maximum Gasteiger partial charge on any atom is 0.221 e. The highest BCUT2D eigenvalue weighted by molar-refractivity contribution is 5.77. The van der Waals surface area contributed by atoms with Gasteiger partial charge < -0.3 is 11.1 Å². The third kappa shape index (κ3) is 4.27. The molecule has 1 aliphatic rings. The van der Waals surface area contributed by atoms with Crippen molar-refractivity contribution in [3.63, 3.8) is 0 Å². The van der Waals surface area contributed by atoms with Gasteiger partial charge in [-0.15, -0.1) is 0 Å². The molecule has 0 heterocycles. The molecule has 0 radical (unpaired) electrons. The molecular weight excluding hydrogens is 262 g/mol. The van der Waals surface area contributed by atoms with E-state index in [0.717, 1.165) is 31.7 Å². The molecule has 1 fully saturated rings. The van der Waals surface area contributed by atoms with Crippen molar-refractivity contribution in [1.82, 2.24) is 5.32 Å². The summed E-state index contributed by atoms with van der Waals surface area (Å²) in [6.07, 6.45) is 4.65. The molecule has 3 N–H and O–H groups in total. The molecule has 110 valence electrons. The van der Waals surface area contributed by atoms with Gasteiger partial charge in [0.15, 0.2) is 0 Å². The smallest absolute Gasteiger partial charge is 0.221 e. The molecule has 0 bridgehead atoms. The van der Waals surface area contributed by atoms with Crippen LogP contribution in [0.4, 0.5) is 8.78 Å². The fourth-order valence-electron chi connectivity index (χ4n) is 2.74. The zero-order valence-electron chi connectivity index (χ0n) is 11.4. The van der Waals surface area contributed by atoms with Gasteiger partial charge in [0.05, 0.1) is 0 Å². The topological polar surface area (TPSA) is 55.1 Å². The Morgan fingerprint density at radius 2 is 1.80 bits per heavy atom. The second-order valence-electron chi connectivity index (χ2n) is 5.62. The Morgan fingerprint density at radius 3 is 2.40 bits per heavy atom. The van der Waals surface area contributed by atoms with Crippen LogP contribution in [0.2, 0.25) is 0 Å². The fraction of sp³-hybridized carbons (Fsp3) is 0.533. The Kier molecular flexibility index (Phi) is 4.70. The zero-order valence-corrected chi connectivity index (χ0v) is 11.4. The lowest BCUT2D eigenvalue weighted by atomic mass is 9.94. The highest BCUT2D eigenvalue weighted by atomic mass is 19.1. The summed E-state index contributed by atoms with van der Waals surface area (Å²) in [6.45, 7) is 0.359. The predicted molar refractivity (Wildman–Crippen MR) is 73.1 cm³/mol. The van der Waals surface area contributed by atoms with Crippen molar-refractivity contribution >= 4 is 5.91 Å². The number of halogens is 2. The Balaban J connectivity index is 1.76. The van der Waals surface area contributed by atoms with Crippen LogP contribution < -0.4 is 11.1 Å². The van der Waals surface area contributed by atoms with E-state index in [2.05, 4.69) is 5.32 Å². The number of rotatable bonds is 5. The summed E-state index contributed by atoms with van der Waals surface area (Å²) in [6, 6.07) is 3.38. The van der Waals surface area contributed by atoms with E-state index in [9.17, 15) is 13.6 Å². The van der Waals surface area contributed by atoms with Crippen molar-refractivity contribution in [2.75, 3.05) is 6.54 Å². The summed E-state index contributed by atoms with van der Waals surface area (Å²) in [4.78, 5) is 11.8. The molecule has 20 heavy (non-hydrogen) atoms. The first-order valence-electron chi connectivity index (χ1n) is 6.97. The summed E-state index contributed by atoms with van der Waals surface area (Å²) >= 11 is 0. The van der Waals surface area contributed by atoms with Gasteiger partial charge in [-0.05, 0) is 37.0 Å². The van der Waals surface area contributed by atoms with Crippen molar-refractivity contribution in [2.24, 2.45) is 5.73 Å². The molecule has 2 rings (SSSR count). The third-order valence-electron chi connectivity index (χ3n) is 3.77. The molecule has 1 saturated carbocycles. The van der Waals surface area contributed by atoms with Crippen molar-refractivity contribution in [1.29, 1.82) is 0 Å². The monoisotopic (exact) mass is 282 g/mol. The van der Waals surface area contributed by atoms with Gasteiger partial charge in [-0.3, -0.25) is 4.79 Å².